The highest BCUT2D eigenvalue weighted by Crippen LogP contribution is 2.22. The second-order valence-electron chi connectivity index (χ2n) is 6.66. The Morgan fingerprint density at radius 2 is 1.89 bits per heavy atom. The van der Waals surface area contributed by atoms with E-state index in [1.165, 1.54) is 12.1 Å². The van der Waals surface area contributed by atoms with E-state index in [1.54, 1.807) is 10.6 Å². The summed E-state index contributed by atoms with van der Waals surface area (Å²) in [5, 5.41) is 8.72. The van der Waals surface area contributed by atoms with Crippen LogP contribution in [0.3, 0.4) is 0 Å². The maximum Gasteiger partial charge on any atom is 0.254 e. The van der Waals surface area contributed by atoms with Crippen LogP contribution in [0.4, 0.5) is 10.2 Å². The van der Waals surface area contributed by atoms with Crippen LogP contribution >= 0.6 is 11.6 Å². The maximum absolute atomic E-state index is 13.5. The van der Waals surface area contributed by atoms with Crippen molar-refractivity contribution in [3.63, 3.8) is 0 Å². The molecule has 0 aliphatic heterocycles. The molecule has 0 unspecified atom stereocenters. The first kappa shape index (κ1) is 18.4. The number of rotatable bonds is 5. The highest BCUT2D eigenvalue weighted by Gasteiger charge is 2.14. The average Bonchev–Trinajstić information content (AvgIpc) is 3.05. The fourth-order valence-corrected chi connectivity index (χ4v) is 3.27. The first-order chi connectivity index (χ1) is 13.5. The minimum atomic E-state index is -0.270. The molecule has 0 aliphatic rings. The van der Waals surface area contributed by atoms with E-state index in [-0.39, 0.29) is 5.82 Å². The van der Waals surface area contributed by atoms with Gasteiger partial charge in [0.2, 0.25) is 0 Å². The molecule has 0 saturated carbocycles. The van der Waals surface area contributed by atoms with E-state index in [0.29, 0.717) is 29.6 Å². The van der Waals surface area contributed by atoms with Gasteiger partial charge in [0.05, 0.1) is 0 Å². The lowest BCUT2D eigenvalue weighted by Gasteiger charge is -2.13. The number of nitrogens with zero attached hydrogens (tertiary/aromatic N) is 4. The van der Waals surface area contributed by atoms with Crippen molar-refractivity contribution in [1.82, 2.24) is 19.6 Å². The van der Waals surface area contributed by atoms with Crippen molar-refractivity contribution in [3.8, 4) is 0 Å². The van der Waals surface area contributed by atoms with Crippen LogP contribution in [-0.2, 0) is 13.0 Å². The number of aryl methyl sites for hydroxylation is 1. The van der Waals surface area contributed by atoms with E-state index >= 15 is 0 Å². The van der Waals surface area contributed by atoms with Crippen molar-refractivity contribution in [2.75, 3.05) is 5.32 Å². The van der Waals surface area contributed by atoms with Crippen LogP contribution in [-0.4, -0.2) is 19.6 Å². The van der Waals surface area contributed by atoms with E-state index in [9.17, 15) is 4.39 Å². The Balaban J connectivity index is 1.68. The highest BCUT2D eigenvalue weighted by molar-refractivity contribution is 6.31. The standard InChI is InChI=1S/C21H19ClFN5/c1-13-14(2)25-21-26-19(11-15-6-5-8-17(23)10-15)27-28(21)20(13)24-12-16-7-3-4-9-18(16)22/h3-10,24H,11-12H2,1-2H3. The van der Waals surface area contributed by atoms with E-state index in [1.807, 2.05) is 44.2 Å². The Morgan fingerprint density at radius 1 is 1.07 bits per heavy atom. The van der Waals surface area contributed by atoms with Gasteiger partial charge in [0, 0.05) is 29.2 Å². The third-order valence-electron chi connectivity index (χ3n) is 4.67. The summed E-state index contributed by atoms with van der Waals surface area (Å²) in [6, 6.07) is 14.2. The molecule has 2 aromatic heterocycles. The van der Waals surface area contributed by atoms with Crippen LogP contribution in [0.5, 0.6) is 0 Å². The number of halogens is 2. The maximum atomic E-state index is 13.5. The van der Waals surface area contributed by atoms with Crippen molar-refractivity contribution in [2.45, 2.75) is 26.8 Å². The second kappa shape index (κ2) is 7.56. The predicted octanol–water partition coefficient (Wildman–Crippen LogP) is 4.74. The fourth-order valence-electron chi connectivity index (χ4n) is 3.06. The Hall–Kier alpha value is -2.99. The highest BCUT2D eigenvalue weighted by atomic mass is 35.5. The lowest BCUT2D eigenvalue weighted by Crippen LogP contribution is -2.10. The van der Waals surface area contributed by atoms with Crippen LogP contribution in [0.15, 0.2) is 48.5 Å². The van der Waals surface area contributed by atoms with Gasteiger partial charge in [0.25, 0.3) is 5.78 Å². The van der Waals surface area contributed by atoms with Gasteiger partial charge in [0.1, 0.15) is 11.6 Å². The van der Waals surface area contributed by atoms with Gasteiger partial charge < -0.3 is 5.32 Å². The Labute approximate surface area is 167 Å². The molecule has 5 nitrogen and oxygen atoms in total. The number of hydrogen-bond donors (Lipinski definition) is 1. The molecule has 28 heavy (non-hydrogen) atoms. The SMILES string of the molecule is Cc1nc2nc(Cc3cccc(F)c3)nn2c(NCc2ccccc2Cl)c1C. The van der Waals surface area contributed by atoms with Crippen molar-refractivity contribution in [3.05, 3.63) is 87.6 Å². The molecular weight excluding hydrogens is 377 g/mol. The van der Waals surface area contributed by atoms with Crippen molar-refractivity contribution < 1.29 is 4.39 Å². The zero-order valence-electron chi connectivity index (χ0n) is 15.6. The van der Waals surface area contributed by atoms with E-state index in [2.05, 4.69) is 20.4 Å². The van der Waals surface area contributed by atoms with Crippen LogP contribution in [0.1, 0.15) is 28.2 Å². The molecule has 0 atom stereocenters. The molecule has 7 heteroatoms. The monoisotopic (exact) mass is 395 g/mol. The van der Waals surface area contributed by atoms with Gasteiger partial charge >= 0.3 is 0 Å². The van der Waals surface area contributed by atoms with Crippen molar-refractivity contribution in [1.29, 1.82) is 0 Å². The van der Waals surface area contributed by atoms with Crippen molar-refractivity contribution in [2.24, 2.45) is 0 Å². The third-order valence-corrected chi connectivity index (χ3v) is 5.04. The smallest absolute Gasteiger partial charge is 0.254 e. The summed E-state index contributed by atoms with van der Waals surface area (Å²) in [6.45, 7) is 4.49. The topological polar surface area (TPSA) is 55.1 Å². The summed E-state index contributed by atoms with van der Waals surface area (Å²) >= 11 is 6.27. The minimum Gasteiger partial charge on any atom is -0.365 e. The van der Waals surface area contributed by atoms with E-state index < -0.39 is 0 Å². The summed E-state index contributed by atoms with van der Waals surface area (Å²) in [5.41, 5.74) is 3.67. The van der Waals surface area contributed by atoms with E-state index in [4.69, 9.17) is 11.6 Å². The van der Waals surface area contributed by atoms with Crippen LogP contribution < -0.4 is 5.32 Å². The van der Waals surface area contributed by atoms with Gasteiger partial charge in [-0.25, -0.2) is 9.37 Å². The third kappa shape index (κ3) is 3.68. The molecular formula is C21H19ClFN5. The molecule has 0 radical (unpaired) electrons. The lowest BCUT2D eigenvalue weighted by molar-refractivity contribution is 0.625. The number of aromatic nitrogens is 4. The molecule has 142 valence electrons. The normalized spacial score (nSPS) is 11.1. The molecule has 0 bridgehead atoms. The average molecular weight is 396 g/mol. The number of anilines is 1. The number of nitrogens with one attached hydrogen (secondary N) is 1. The summed E-state index contributed by atoms with van der Waals surface area (Å²) in [7, 11) is 0. The van der Waals surface area contributed by atoms with Gasteiger partial charge in [-0.3, -0.25) is 0 Å². The summed E-state index contributed by atoms with van der Waals surface area (Å²) in [6.07, 6.45) is 0.434. The summed E-state index contributed by atoms with van der Waals surface area (Å²) < 4.78 is 15.2. The van der Waals surface area contributed by atoms with Gasteiger partial charge in [-0.15, -0.1) is 5.10 Å². The van der Waals surface area contributed by atoms with Gasteiger partial charge in [0.15, 0.2) is 5.82 Å². The molecule has 0 amide bonds. The molecule has 0 spiro atoms. The number of hydrogen-bond acceptors (Lipinski definition) is 4. The zero-order valence-corrected chi connectivity index (χ0v) is 16.3. The molecule has 0 fully saturated rings. The minimum absolute atomic E-state index is 0.270. The molecule has 0 saturated heterocycles. The molecule has 0 aliphatic carbocycles. The van der Waals surface area contributed by atoms with Crippen LogP contribution in [0, 0.1) is 19.7 Å². The lowest BCUT2D eigenvalue weighted by atomic mass is 10.1. The number of benzene rings is 2. The first-order valence-corrected chi connectivity index (χ1v) is 9.33. The molecule has 1 N–H and O–H groups in total. The summed E-state index contributed by atoms with van der Waals surface area (Å²) in [5.74, 6) is 1.65. The van der Waals surface area contributed by atoms with Gasteiger partial charge in [-0.1, -0.05) is 41.9 Å². The Bertz CT molecular complexity index is 1150. The van der Waals surface area contributed by atoms with Gasteiger partial charge in [-0.2, -0.15) is 9.50 Å². The predicted molar refractivity (Wildman–Crippen MR) is 108 cm³/mol. The zero-order chi connectivity index (χ0) is 19.7. The van der Waals surface area contributed by atoms with Crippen LogP contribution in [0.2, 0.25) is 5.02 Å². The van der Waals surface area contributed by atoms with Gasteiger partial charge in [-0.05, 0) is 43.2 Å². The molecule has 2 aromatic carbocycles. The second-order valence-corrected chi connectivity index (χ2v) is 7.07. The number of fused-ring (bicyclic) bond motifs is 1. The summed E-state index contributed by atoms with van der Waals surface area (Å²) in [4.78, 5) is 9.06. The Morgan fingerprint density at radius 3 is 2.68 bits per heavy atom. The Kier molecular flexibility index (Phi) is 4.96. The fraction of sp³-hybridized carbons (Fsp3) is 0.190. The first-order valence-electron chi connectivity index (χ1n) is 8.96. The van der Waals surface area contributed by atoms with Crippen molar-refractivity contribution >= 4 is 23.2 Å². The largest absolute Gasteiger partial charge is 0.365 e. The quantitative estimate of drug-likeness (QED) is 0.530. The molecule has 4 rings (SSSR count). The van der Waals surface area contributed by atoms with E-state index in [0.717, 1.165) is 28.2 Å². The molecule has 4 aromatic rings. The van der Waals surface area contributed by atoms with Crippen LogP contribution in [0.25, 0.3) is 5.78 Å². The molecule has 2 heterocycles.